The molecule has 3 nitrogen and oxygen atoms in total. The maximum atomic E-state index is 6.05. The van der Waals surface area contributed by atoms with Crippen molar-refractivity contribution in [3.8, 4) is 5.75 Å². The van der Waals surface area contributed by atoms with Gasteiger partial charge in [-0.3, -0.25) is 0 Å². The Kier molecular flexibility index (Phi) is 4.10. The van der Waals surface area contributed by atoms with Crippen LogP contribution in [0, 0.1) is 6.92 Å². The number of nitrogen functional groups attached to an aromatic ring is 1. The number of hydrogen-bond donors (Lipinski definition) is 2. The van der Waals surface area contributed by atoms with E-state index in [9.17, 15) is 0 Å². The van der Waals surface area contributed by atoms with Gasteiger partial charge in [-0.2, -0.15) is 0 Å². The first-order valence-corrected chi connectivity index (χ1v) is 6.83. The van der Waals surface area contributed by atoms with E-state index >= 15 is 0 Å². The molecule has 2 aromatic rings. The molecule has 1 heterocycles. The van der Waals surface area contributed by atoms with Gasteiger partial charge in [0, 0.05) is 16.3 Å². The fourth-order valence-electron chi connectivity index (χ4n) is 1.74. The highest BCUT2D eigenvalue weighted by Crippen LogP contribution is 2.30. The number of aryl methyl sites for hydroxylation is 1. The zero-order valence-electron chi connectivity index (χ0n) is 10.7. The van der Waals surface area contributed by atoms with Crippen molar-refractivity contribution in [2.24, 2.45) is 0 Å². The lowest BCUT2D eigenvalue weighted by molar-refractivity contribution is 0.342. The number of hydrogen-bond acceptors (Lipinski definition) is 4. The van der Waals surface area contributed by atoms with E-state index in [1.165, 1.54) is 9.75 Å². The molecule has 0 amide bonds. The van der Waals surface area contributed by atoms with Gasteiger partial charge in [-0.1, -0.05) is 6.07 Å². The van der Waals surface area contributed by atoms with Crippen molar-refractivity contribution < 1.29 is 4.74 Å². The molecule has 1 aromatic heterocycles. The van der Waals surface area contributed by atoms with Gasteiger partial charge in [-0.25, -0.2) is 0 Å². The van der Waals surface area contributed by atoms with Gasteiger partial charge in [-0.05, 0) is 38.1 Å². The molecule has 2 rings (SSSR count). The molecule has 1 aromatic carbocycles. The smallest absolute Gasteiger partial charge is 0.144 e. The average Bonchev–Trinajstić information content (AvgIpc) is 2.77. The molecule has 0 fully saturated rings. The van der Waals surface area contributed by atoms with Gasteiger partial charge in [0.1, 0.15) is 5.75 Å². The molecular weight excluding hydrogens is 244 g/mol. The van der Waals surface area contributed by atoms with E-state index in [1.54, 1.807) is 11.3 Å². The fourth-order valence-corrected chi connectivity index (χ4v) is 2.57. The lowest BCUT2D eigenvalue weighted by Gasteiger charge is -2.12. The zero-order valence-corrected chi connectivity index (χ0v) is 11.5. The quantitative estimate of drug-likeness (QED) is 0.809. The van der Waals surface area contributed by atoms with E-state index in [-0.39, 0.29) is 0 Å². The van der Waals surface area contributed by atoms with Crippen molar-refractivity contribution in [1.29, 1.82) is 0 Å². The third-order valence-electron chi connectivity index (χ3n) is 2.62. The second-order valence-corrected chi connectivity index (χ2v) is 5.39. The van der Waals surface area contributed by atoms with Crippen LogP contribution in [0.25, 0.3) is 0 Å². The van der Waals surface area contributed by atoms with Crippen LogP contribution in [0.1, 0.15) is 16.7 Å². The molecule has 18 heavy (non-hydrogen) atoms. The van der Waals surface area contributed by atoms with Crippen LogP contribution in [0.5, 0.6) is 5.75 Å². The first kappa shape index (κ1) is 12.8. The first-order chi connectivity index (χ1) is 8.70. The second kappa shape index (κ2) is 5.78. The number of rotatable bonds is 5. The molecule has 0 saturated heterocycles. The third kappa shape index (κ3) is 2.96. The molecular formula is C14H18N2OS. The summed E-state index contributed by atoms with van der Waals surface area (Å²) in [5, 5.41) is 3.35. The minimum absolute atomic E-state index is 0.623. The normalized spacial score (nSPS) is 10.3. The highest BCUT2D eigenvalue weighted by Gasteiger charge is 2.05. The maximum Gasteiger partial charge on any atom is 0.144 e. The fraction of sp³-hybridized carbons (Fsp3) is 0.286. The molecule has 3 N–H and O–H groups in total. The number of nitrogens with one attached hydrogen (secondary N) is 1. The number of nitrogens with two attached hydrogens (primary N) is 1. The Balaban J connectivity index is 2.07. The van der Waals surface area contributed by atoms with Crippen LogP contribution in [-0.2, 0) is 6.54 Å². The third-order valence-corrected chi connectivity index (χ3v) is 3.62. The van der Waals surface area contributed by atoms with E-state index in [1.807, 2.05) is 25.1 Å². The Morgan fingerprint density at radius 1 is 1.28 bits per heavy atom. The van der Waals surface area contributed by atoms with Crippen molar-refractivity contribution >= 4 is 22.7 Å². The SMILES string of the molecule is CCOc1cccc(NCc2ccc(C)s2)c1N. The van der Waals surface area contributed by atoms with E-state index < -0.39 is 0 Å². The summed E-state index contributed by atoms with van der Waals surface area (Å²) in [6, 6.07) is 10.1. The van der Waals surface area contributed by atoms with Crippen molar-refractivity contribution in [2.45, 2.75) is 20.4 Å². The summed E-state index contributed by atoms with van der Waals surface area (Å²) in [6.45, 7) is 5.47. The first-order valence-electron chi connectivity index (χ1n) is 6.01. The Morgan fingerprint density at radius 2 is 2.11 bits per heavy atom. The molecule has 4 heteroatoms. The molecule has 0 saturated carbocycles. The molecule has 0 aliphatic rings. The van der Waals surface area contributed by atoms with Crippen molar-refractivity contribution in [3.05, 3.63) is 40.1 Å². The number of anilines is 2. The summed E-state index contributed by atoms with van der Waals surface area (Å²) >= 11 is 1.79. The molecule has 0 radical (unpaired) electrons. The summed E-state index contributed by atoms with van der Waals surface area (Å²) in [6.07, 6.45) is 0. The summed E-state index contributed by atoms with van der Waals surface area (Å²) in [7, 11) is 0. The number of ether oxygens (including phenoxy) is 1. The molecule has 0 atom stereocenters. The van der Waals surface area contributed by atoms with Crippen LogP contribution in [0.4, 0.5) is 11.4 Å². The summed E-state index contributed by atoms with van der Waals surface area (Å²) in [5.41, 5.74) is 7.65. The number of benzene rings is 1. The Bertz CT molecular complexity index is 522. The minimum Gasteiger partial charge on any atom is -0.492 e. The van der Waals surface area contributed by atoms with Gasteiger partial charge in [0.05, 0.1) is 18.0 Å². The Labute approximate surface area is 112 Å². The van der Waals surface area contributed by atoms with Gasteiger partial charge in [0.2, 0.25) is 0 Å². The monoisotopic (exact) mass is 262 g/mol. The minimum atomic E-state index is 0.623. The van der Waals surface area contributed by atoms with Crippen LogP contribution in [0.15, 0.2) is 30.3 Å². The molecule has 96 valence electrons. The van der Waals surface area contributed by atoms with Gasteiger partial charge < -0.3 is 15.8 Å². The van der Waals surface area contributed by atoms with Gasteiger partial charge in [0.15, 0.2) is 0 Å². The van der Waals surface area contributed by atoms with Crippen molar-refractivity contribution in [2.75, 3.05) is 17.7 Å². The zero-order chi connectivity index (χ0) is 13.0. The van der Waals surface area contributed by atoms with Crippen LogP contribution in [0.2, 0.25) is 0 Å². The average molecular weight is 262 g/mol. The van der Waals surface area contributed by atoms with Crippen LogP contribution in [0.3, 0.4) is 0 Å². The van der Waals surface area contributed by atoms with E-state index in [0.29, 0.717) is 12.3 Å². The second-order valence-electron chi connectivity index (χ2n) is 4.02. The predicted molar refractivity (Wildman–Crippen MR) is 78.4 cm³/mol. The van der Waals surface area contributed by atoms with E-state index in [0.717, 1.165) is 18.0 Å². The predicted octanol–water partition coefficient (Wildman–Crippen LogP) is 3.65. The highest BCUT2D eigenvalue weighted by molar-refractivity contribution is 7.11. The summed E-state index contributed by atoms with van der Waals surface area (Å²) < 4.78 is 5.47. The maximum absolute atomic E-state index is 6.05. The lowest BCUT2D eigenvalue weighted by atomic mass is 10.2. The molecule has 0 unspecified atom stereocenters. The van der Waals surface area contributed by atoms with Crippen LogP contribution < -0.4 is 15.8 Å². The van der Waals surface area contributed by atoms with Gasteiger partial charge in [-0.15, -0.1) is 11.3 Å². The molecule has 0 aliphatic carbocycles. The van der Waals surface area contributed by atoms with E-state index in [2.05, 4.69) is 24.4 Å². The summed E-state index contributed by atoms with van der Waals surface area (Å²) in [5.74, 6) is 0.741. The van der Waals surface area contributed by atoms with Crippen molar-refractivity contribution in [3.63, 3.8) is 0 Å². The lowest BCUT2D eigenvalue weighted by Crippen LogP contribution is -2.03. The Morgan fingerprint density at radius 3 is 2.78 bits per heavy atom. The summed E-state index contributed by atoms with van der Waals surface area (Å²) in [4.78, 5) is 2.62. The van der Waals surface area contributed by atoms with Crippen molar-refractivity contribution in [1.82, 2.24) is 0 Å². The van der Waals surface area contributed by atoms with E-state index in [4.69, 9.17) is 10.5 Å². The van der Waals surface area contributed by atoms with Gasteiger partial charge in [0.25, 0.3) is 0 Å². The number of thiophene rings is 1. The number of para-hydroxylation sites is 1. The highest BCUT2D eigenvalue weighted by atomic mass is 32.1. The topological polar surface area (TPSA) is 47.3 Å². The van der Waals surface area contributed by atoms with Gasteiger partial charge >= 0.3 is 0 Å². The van der Waals surface area contributed by atoms with Crippen LogP contribution >= 0.6 is 11.3 Å². The molecule has 0 aliphatic heterocycles. The Hall–Kier alpha value is -1.68. The molecule has 0 bridgehead atoms. The molecule has 0 spiro atoms. The standard InChI is InChI=1S/C14H18N2OS/c1-3-17-13-6-4-5-12(14(13)15)16-9-11-8-7-10(2)18-11/h4-8,16H,3,9,15H2,1-2H3. The van der Waals surface area contributed by atoms with Crippen LogP contribution in [-0.4, -0.2) is 6.61 Å². The largest absolute Gasteiger partial charge is 0.492 e.